The van der Waals surface area contributed by atoms with Crippen molar-refractivity contribution in [2.75, 3.05) is 4.90 Å². The Labute approximate surface area is 363 Å². The fraction of sp³-hybridized carbons (Fsp3) is 0.0164. The van der Waals surface area contributed by atoms with Crippen LogP contribution in [-0.4, -0.2) is 0 Å². The van der Waals surface area contributed by atoms with Gasteiger partial charge in [-0.1, -0.05) is 218 Å². The van der Waals surface area contributed by atoms with Crippen LogP contribution in [0.15, 0.2) is 249 Å². The monoisotopic (exact) mass is 787 g/mol. The fourth-order valence-electron chi connectivity index (χ4n) is 10.4. The van der Waals surface area contributed by atoms with Crippen LogP contribution in [0.1, 0.15) is 22.3 Å². The smallest absolute Gasteiger partial charge is 0.0726 e. The van der Waals surface area contributed by atoms with E-state index in [1.807, 2.05) is 0 Å². The Kier molecular flexibility index (Phi) is 8.47. The van der Waals surface area contributed by atoms with Crippen LogP contribution in [0.25, 0.3) is 66.8 Å². The lowest BCUT2D eigenvalue weighted by Crippen LogP contribution is -2.26. The van der Waals surface area contributed by atoms with E-state index in [0.717, 1.165) is 44.9 Å². The first-order chi connectivity index (χ1) is 30.8. The van der Waals surface area contributed by atoms with Crippen molar-refractivity contribution in [2.45, 2.75) is 5.41 Å². The Balaban J connectivity index is 1.22. The number of fused-ring (bicyclic) bond motifs is 10. The molecule has 0 bridgehead atoms. The van der Waals surface area contributed by atoms with Gasteiger partial charge in [-0.3, -0.25) is 0 Å². The van der Waals surface area contributed by atoms with E-state index in [9.17, 15) is 0 Å². The summed E-state index contributed by atoms with van der Waals surface area (Å²) in [5.74, 6) is 0. The van der Waals surface area contributed by atoms with Crippen molar-refractivity contribution in [3.63, 3.8) is 0 Å². The van der Waals surface area contributed by atoms with Crippen LogP contribution in [-0.2, 0) is 5.41 Å². The van der Waals surface area contributed by atoms with E-state index in [-0.39, 0.29) is 0 Å². The number of rotatable bonds is 7. The van der Waals surface area contributed by atoms with Crippen LogP contribution in [0.3, 0.4) is 0 Å². The Morgan fingerprint density at radius 1 is 0.242 bits per heavy atom. The largest absolute Gasteiger partial charge is 0.309 e. The van der Waals surface area contributed by atoms with Gasteiger partial charge in [0.2, 0.25) is 0 Å². The highest BCUT2D eigenvalue weighted by Gasteiger charge is 2.52. The molecule has 0 radical (unpaired) electrons. The number of benzene rings is 10. The molecule has 0 atom stereocenters. The second-order valence-corrected chi connectivity index (χ2v) is 16.4. The first-order valence-corrected chi connectivity index (χ1v) is 21.5. The minimum absolute atomic E-state index is 0.476. The second-order valence-electron chi connectivity index (χ2n) is 16.4. The molecular weight excluding hydrogens is 747 g/mol. The lowest BCUT2D eigenvalue weighted by Gasteiger charge is -2.33. The zero-order chi connectivity index (χ0) is 41.0. The van der Waals surface area contributed by atoms with Gasteiger partial charge in [-0.2, -0.15) is 0 Å². The zero-order valence-corrected chi connectivity index (χ0v) is 34.1. The first kappa shape index (κ1) is 35.9. The van der Waals surface area contributed by atoms with Crippen molar-refractivity contribution in [1.82, 2.24) is 0 Å². The molecule has 10 aromatic rings. The third-order valence-electron chi connectivity index (χ3n) is 13.1. The SMILES string of the molecule is c1ccc(-c2cc(-c3ccccc3)cc(N(c3cc(-c4ccccc4)ccc3-c3ccccc3)c3cccc4c3-c3ccccc3C43c4ccccc4-c4ccccc43)c2)cc1. The fourth-order valence-corrected chi connectivity index (χ4v) is 10.4. The minimum Gasteiger partial charge on any atom is -0.309 e. The molecule has 0 aliphatic heterocycles. The van der Waals surface area contributed by atoms with Gasteiger partial charge in [0.05, 0.1) is 16.8 Å². The minimum atomic E-state index is -0.476. The van der Waals surface area contributed by atoms with Crippen LogP contribution in [0.4, 0.5) is 17.1 Å². The van der Waals surface area contributed by atoms with Gasteiger partial charge in [0.25, 0.3) is 0 Å². The third kappa shape index (κ3) is 5.56. The Morgan fingerprint density at radius 3 is 1.23 bits per heavy atom. The highest BCUT2D eigenvalue weighted by molar-refractivity contribution is 6.03. The molecule has 0 saturated carbocycles. The topological polar surface area (TPSA) is 3.24 Å². The van der Waals surface area contributed by atoms with Crippen LogP contribution in [0.2, 0.25) is 0 Å². The molecule has 10 aromatic carbocycles. The predicted octanol–water partition coefficient (Wildman–Crippen LogP) is 16.2. The highest BCUT2D eigenvalue weighted by atomic mass is 15.1. The molecule has 1 nitrogen and oxygen atoms in total. The quantitative estimate of drug-likeness (QED) is 0.155. The summed E-state index contributed by atoms with van der Waals surface area (Å²) in [5, 5.41) is 0. The van der Waals surface area contributed by atoms with Crippen LogP contribution >= 0.6 is 0 Å². The maximum atomic E-state index is 2.56. The summed E-state index contributed by atoms with van der Waals surface area (Å²) in [5.41, 5.74) is 22.6. The number of nitrogens with zero attached hydrogens (tertiary/aromatic N) is 1. The van der Waals surface area contributed by atoms with Gasteiger partial charge in [-0.15, -0.1) is 0 Å². The molecule has 0 fully saturated rings. The summed E-state index contributed by atoms with van der Waals surface area (Å²) in [6, 6.07) is 91.7. The summed E-state index contributed by atoms with van der Waals surface area (Å²) in [6.07, 6.45) is 0. The van der Waals surface area contributed by atoms with Gasteiger partial charge < -0.3 is 4.90 Å². The van der Waals surface area contributed by atoms with E-state index in [0.29, 0.717) is 0 Å². The van der Waals surface area contributed by atoms with Gasteiger partial charge in [-0.05, 0) is 108 Å². The van der Waals surface area contributed by atoms with Gasteiger partial charge in [0.15, 0.2) is 0 Å². The van der Waals surface area contributed by atoms with E-state index in [2.05, 4.69) is 254 Å². The molecule has 0 heterocycles. The maximum Gasteiger partial charge on any atom is 0.0726 e. The normalized spacial score (nSPS) is 12.6. The molecule has 62 heavy (non-hydrogen) atoms. The van der Waals surface area contributed by atoms with Crippen molar-refractivity contribution in [2.24, 2.45) is 0 Å². The average molecular weight is 788 g/mol. The van der Waals surface area contributed by atoms with Gasteiger partial charge in [0, 0.05) is 16.8 Å². The van der Waals surface area contributed by atoms with Crippen molar-refractivity contribution >= 4 is 17.1 Å². The molecule has 0 amide bonds. The van der Waals surface area contributed by atoms with E-state index < -0.39 is 5.41 Å². The predicted molar refractivity (Wildman–Crippen MR) is 259 cm³/mol. The number of anilines is 3. The molecule has 12 rings (SSSR count). The summed E-state index contributed by atoms with van der Waals surface area (Å²) in [4.78, 5) is 2.56. The molecule has 0 aromatic heterocycles. The average Bonchev–Trinajstić information content (AvgIpc) is 3.83. The van der Waals surface area contributed by atoms with Crippen molar-refractivity contribution in [3.05, 3.63) is 271 Å². The summed E-state index contributed by atoms with van der Waals surface area (Å²) >= 11 is 0. The first-order valence-electron chi connectivity index (χ1n) is 21.5. The standard InChI is InChI=1S/C61H41N/c1-5-20-42(21-6-1)46-36-37-50(45-26-11-4-12-27-45)59(41-46)62(49-39-47(43-22-7-2-8-23-43)38-48(40-49)44-24-9-3-10-25-44)58-35-19-34-57-60(58)53-30-15-18-33-56(53)61(57)54-31-16-13-28-51(54)52-29-14-17-32-55(52)61/h1-41H. The van der Waals surface area contributed by atoms with Crippen LogP contribution in [0, 0.1) is 0 Å². The molecular formula is C61H41N. The van der Waals surface area contributed by atoms with E-state index in [4.69, 9.17) is 0 Å². The van der Waals surface area contributed by atoms with E-state index in [1.165, 1.54) is 61.2 Å². The summed E-state index contributed by atoms with van der Waals surface area (Å²) < 4.78 is 0. The molecule has 0 N–H and O–H groups in total. The van der Waals surface area contributed by atoms with Crippen molar-refractivity contribution < 1.29 is 0 Å². The maximum absolute atomic E-state index is 2.56. The third-order valence-corrected chi connectivity index (χ3v) is 13.1. The van der Waals surface area contributed by atoms with E-state index >= 15 is 0 Å². The Bertz CT molecular complexity index is 3170. The highest BCUT2D eigenvalue weighted by Crippen LogP contribution is 2.65. The van der Waals surface area contributed by atoms with Gasteiger partial charge in [-0.25, -0.2) is 0 Å². The molecule has 290 valence electrons. The molecule has 2 aliphatic rings. The molecule has 0 saturated heterocycles. The van der Waals surface area contributed by atoms with Crippen molar-refractivity contribution in [1.29, 1.82) is 0 Å². The summed E-state index contributed by atoms with van der Waals surface area (Å²) in [6.45, 7) is 0. The van der Waals surface area contributed by atoms with Crippen molar-refractivity contribution in [3.8, 4) is 66.8 Å². The van der Waals surface area contributed by atoms with E-state index in [1.54, 1.807) is 0 Å². The number of hydrogen-bond acceptors (Lipinski definition) is 1. The molecule has 2 aliphatic carbocycles. The lowest BCUT2D eigenvalue weighted by atomic mass is 9.70. The summed E-state index contributed by atoms with van der Waals surface area (Å²) in [7, 11) is 0. The van der Waals surface area contributed by atoms with Crippen LogP contribution in [0.5, 0.6) is 0 Å². The Morgan fingerprint density at radius 2 is 0.677 bits per heavy atom. The molecule has 1 heteroatoms. The lowest BCUT2D eigenvalue weighted by molar-refractivity contribution is 0.794. The molecule has 0 unspecified atom stereocenters. The zero-order valence-electron chi connectivity index (χ0n) is 34.1. The second kappa shape index (κ2) is 14.6. The van der Waals surface area contributed by atoms with Gasteiger partial charge in [0.1, 0.15) is 0 Å². The van der Waals surface area contributed by atoms with Gasteiger partial charge >= 0.3 is 0 Å². The molecule has 1 spiro atoms. The number of hydrogen-bond donors (Lipinski definition) is 0. The Hall–Kier alpha value is -8.00. The van der Waals surface area contributed by atoms with Crippen LogP contribution < -0.4 is 4.90 Å².